The van der Waals surface area contributed by atoms with Crippen LogP contribution in [-0.2, 0) is 19.1 Å². The third-order valence-electron chi connectivity index (χ3n) is 4.49. The van der Waals surface area contributed by atoms with Crippen LogP contribution in [0, 0.1) is 12.7 Å². The molecular weight excluding hydrogens is 496 g/mol. The van der Waals surface area contributed by atoms with E-state index in [9.17, 15) is 14.0 Å². The van der Waals surface area contributed by atoms with E-state index in [1.54, 1.807) is 6.07 Å². The van der Waals surface area contributed by atoms with Crippen molar-refractivity contribution in [3.05, 3.63) is 51.8 Å². The number of hydrogen-bond acceptors (Lipinski definition) is 7. The molecule has 0 bridgehead atoms. The van der Waals surface area contributed by atoms with Gasteiger partial charge in [-0.2, -0.15) is 5.11 Å². The molecule has 0 amide bonds. The number of benzene rings is 2. The first kappa shape index (κ1) is 26.8. The predicted molar refractivity (Wildman–Crippen MR) is 127 cm³/mol. The van der Waals surface area contributed by atoms with Gasteiger partial charge in [0.1, 0.15) is 30.6 Å². The van der Waals surface area contributed by atoms with E-state index in [0.717, 1.165) is 17.3 Å². The summed E-state index contributed by atoms with van der Waals surface area (Å²) in [6.07, 6.45) is 0.168. The summed E-state index contributed by atoms with van der Waals surface area (Å²) in [5.41, 5.74) is 2.62. The molecule has 0 N–H and O–H groups in total. The molecule has 0 saturated carbocycles. The van der Waals surface area contributed by atoms with E-state index < -0.39 is 17.8 Å². The Morgan fingerprint density at radius 2 is 1.67 bits per heavy atom. The van der Waals surface area contributed by atoms with E-state index >= 15 is 0 Å². The number of anilines is 1. The van der Waals surface area contributed by atoms with Gasteiger partial charge in [-0.05, 0) is 49.7 Å². The van der Waals surface area contributed by atoms with Gasteiger partial charge >= 0.3 is 11.9 Å². The van der Waals surface area contributed by atoms with E-state index in [2.05, 4.69) is 10.2 Å². The third kappa shape index (κ3) is 8.46. The molecule has 0 aromatic heterocycles. The van der Waals surface area contributed by atoms with Crippen LogP contribution in [0.3, 0.4) is 0 Å². The van der Waals surface area contributed by atoms with Gasteiger partial charge in [-0.3, -0.25) is 9.59 Å². The largest absolute Gasteiger partial charge is 0.462 e. The Morgan fingerprint density at radius 1 is 1.00 bits per heavy atom. The normalized spacial score (nSPS) is 11.0. The van der Waals surface area contributed by atoms with Crippen molar-refractivity contribution in [2.24, 2.45) is 10.2 Å². The Hall–Kier alpha value is -2.42. The Balaban J connectivity index is 1.95. The summed E-state index contributed by atoms with van der Waals surface area (Å²) in [5.74, 6) is -1.83. The topological polar surface area (TPSA) is 80.6 Å². The fraction of sp³-hybridized carbons (Fsp3) is 0.364. The quantitative estimate of drug-likeness (QED) is 0.113. The van der Waals surface area contributed by atoms with Crippen LogP contribution in [0.2, 0.25) is 10.0 Å². The molecule has 0 spiro atoms. The summed E-state index contributed by atoms with van der Waals surface area (Å²) < 4.78 is 23.2. The van der Waals surface area contributed by atoms with Crippen molar-refractivity contribution in [1.82, 2.24) is 0 Å². The van der Waals surface area contributed by atoms with Gasteiger partial charge in [0.05, 0.1) is 22.2 Å². The lowest BCUT2D eigenvalue weighted by atomic mass is 10.1. The molecule has 178 valence electrons. The Morgan fingerprint density at radius 3 is 2.30 bits per heavy atom. The number of ether oxygens (including phenoxy) is 2. The number of azo groups is 1. The summed E-state index contributed by atoms with van der Waals surface area (Å²) in [6, 6.07) is 7.98. The van der Waals surface area contributed by atoms with Gasteiger partial charge in [0, 0.05) is 18.8 Å². The number of rotatable bonds is 11. The van der Waals surface area contributed by atoms with Crippen LogP contribution in [0.15, 0.2) is 40.6 Å². The van der Waals surface area contributed by atoms with Gasteiger partial charge in [0.2, 0.25) is 0 Å². The molecule has 0 radical (unpaired) electrons. The van der Waals surface area contributed by atoms with Gasteiger partial charge in [-0.25, -0.2) is 4.39 Å². The summed E-state index contributed by atoms with van der Waals surface area (Å²) in [6.45, 7) is 4.92. The maximum absolute atomic E-state index is 13.4. The zero-order valence-electron chi connectivity index (χ0n) is 18.1. The molecule has 0 unspecified atom stereocenters. The van der Waals surface area contributed by atoms with Crippen molar-refractivity contribution in [2.45, 2.75) is 20.3 Å². The molecule has 2 rings (SSSR count). The lowest BCUT2D eigenvalue weighted by molar-refractivity contribution is -0.150. The summed E-state index contributed by atoms with van der Waals surface area (Å²) >= 11 is 17.1. The Kier molecular flexibility index (Phi) is 10.8. The highest BCUT2D eigenvalue weighted by molar-refractivity contribution is 6.35. The van der Waals surface area contributed by atoms with Crippen LogP contribution in [0.4, 0.5) is 21.5 Å². The van der Waals surface area contributed by atoms with Crippen molar-refractivity contribution in [3.63, 3.8) is 0 Å². The number of alkyl halides is 1. The molecule has 0 aliphatic heterocycles. The minimum absolute atomic E-state index is 0.0182. The number of esters is 2. The second kappa shape index (κ2) is 13.3. The highest BCUT2D eigenvalue weighted by atomic mass is 35.5. The maximum atomic E-state index is 13.4. The maximum Gasteiger partial charge on any atom is 0.320 e. The zero-order chi connectivity index (χ0) is 24.4. The number of aryl methyl sites for hydroxylation is 1. The van der Waals surface area contributed by atoms with E-state index in [-0.39, 0.29) is 41.2 Å². The highest BCUT2D eigenvalue weighted by Gasteiger charge is 2.11. The molecule has 0 aliphatic carbocycles. The van der Waals surface area contributed by atoms with Crippen molar-refractivity contribution in [1.29, 1.82) is 0 Å². The first-order valence-corrected chi connectivity index (χ1v) is 11.3. The fourth-order valence-electron chi connectivity index (χ4n) is 2.76. The molecule has 0 saturated heterocycles. The van der Waals surface area contributed by atoms with Crippen LogP contribution >= 0.6 is 34.8 Å². The van der Waals surface area contributed by atoms with Crippen LogP contribution in [0.5, 0.6) is 0 Å². The Labute approximate surface area is 206 Å². The molecule has 0 heterocycles. The lowest BCUT2D eigenvalue weighted by Crippen LogP contribution is -2.26. The molecular formula is C22H23Cl3FN3O4. The van der Waals surface area contributed by atoms with Gasteiger partial charge in [-0.1, -0.05) is 23.2 Å². The summed E-state index contributed by atoms with van der Waals surface area (Å²) in [5, 5.41) is 8.28. The molecule has 7 nitrogen and oxygen atoms in total. The second-order valence-electron chi connectivity index (χ2n) is 6.79. The standard InChI is InChI=1S/C22H23Cl3FN3O4/c1-3-29(7-6-21(30)32-8-9-33-22(31)13-23)15-4-5-19(14(2)10-15)27-28-20-12-16(24)18(26)11-17(20)25/h4-5,10-12H,3,6-9,13H2,1-2H3/b28-27+. The number of carbonyl (C=O) groups excluding carboxylic acids is 2. The minimum atomic E-state index is -0.626. The molecule has 2 aromatic rings. The van der Waals surface area contributed by atoms with Crippen LogP contribution in [0.1, 0.15) is 18.9 Å². The molecule has 0 aliphatic rings. The van der Waals surface area contributed by atoms with Crippen LogP contribution in [0.25, 0.3) is 0 Å². The molecule has 0 fully saturated rings. The summed E-state index contributed by atoms with van der Waals surface area (Å²) in [4.78, 5) is 24.9. The number of nitrogens with zero attached hydrogens (tertiary/aromatic N) is 3. The number of carbonyl (C=O) groups is 2. The molecule has 33 heavy (non-hydrogen) atoms. The van der Waals surface area contributed by atoms with Crippen LogP contribution in [-0.4, -0.2) is 44.1 Å². The smallest absolute Gasteiger partial charge is 0.320 e. The first-order chi connectivity index (χ1) is 15.7. The van der Waals surface area contributed by atoms with E-state index in [0.29, 0.717) is 18.8 Å². The van der Waals surface area contributed by atoms with Crippen molar-refractivity contribution in [3.8, 4) is 0 Å². The third-order valence-corrected chi connectivity index (χ3v) is 5.30. The minimum Gasteiger partial charge on any atom is -0.462 e. The van der Waals surface area contributed by atoms with Crippen molar-refractivity contribution < 1.29 is 23.5 Å². The van der Waals surface area contributed by atoms with Crippen molar-refractivity contribution in [2.75, 3.05) is 37.1 Å². The molecule has 0 atom stereocenters. The zero-order valence-corrected chi connectivity index (χ0v) is 20.4. The van der Waals surface area contributed by atoms with Crippen LogP contribution < -0.4 is 4.90 Å². The van der Waals surface area contributed by atoms with Gasteiger partial charge < -0.3 is 14.4 Å². The average Bonchev–Trinajstić information content (AvgIpc) is 2.79. The lowest BCUT2D eigenvalue weighted by Gasteiger charge is -2.23. The highest BCUT2D eigenvalue weighted by Crippen LogP contribution is 2.33. The fourth-order valence-corrected chi connectivity index (χ4v) is 3.19. The van der Waals surface area contributed by atoms with E-state index in [1.165, 1.54) is 6.07 Å². The van der Waals surface area contributed by atoms with Gasteiger partial charge in [0.15, 0.2) is 0 Å². The second-order valence-corrected chi connectivity index (χ2v) is 7.87. The number of halogens is 4. The summed E-state index contributed by atoms with van der Waals surface area (Å²) in [7, 11) is 0. The monoisotopic (exact) mass is 517 g/mol. The number of hydrogen-bond donors (Lipinski definition) is 0. The molecule has 2 aromatic carbocycles. The predicted octanol–water partition coefficient (Wildman–Crippen LogP) is 6.40. The first-order valence-electron chi connectivity index (χ1n) is 10.0. The SMILES string of the molecule is CCN(CCC(=O)OCCOC(=O)CCl)c1ccc(/N=N/c2cc(Cl)c(F)cc2Cl)c(C)c1. The van der Waals surface area contributed by atoms with Gasteiger partial charge in [0.25, 0.3) is 0 Å². The van der Waals surface area contributed by atoms with E-state index in [1.807, 2.05) is 30.9 Å². The Bertz CT molecular complexity index is 1020. The van der Waals surface area contributed by atoms with Gasteiger partial charge in [-0.15, -0.1) is 16.7 Å². The van der Waals surface area contributed by atoms with Crippen molar-refractivity contribution >= 4 is 63.8 Å². The van der Waals surface area contributed by atoms with E-state index in [4.69, 9.17) is 44.3 Å². The molecule has 11 heteroatoms. The average molecular weight is 519 g/mol.